The van der Waals surface area contributed by atoms with Crippen molar-refractivity contribution in [1.29, 1.82) is 5.26 Å². The summed E-state index contributed by atoms with van der Waals surface area (Å²) in [5, 5.41) is 29.5. The number of nitriles is 1. The molecule has 10 amide bonds. The van der Waals surface area contributed by atoms with Gasteiger partial charge in [-0.1, -0.05) is 52.4 Å². The maximum absolute atomic E-state index is 12.8. The average Bonchev–Trinajstić information content (AvgIpc) is 3.12. The molecule has 18 heteroatoms. The molecule has 0 aliphatic carbocycles. The predicted octanol–water partition coefficient (Wildman–Crippen LogP) is 4.05. The molecule has 0 heterocycles. The van der Waals surface area contributed by atoms with Gasteiger partial charge in [0.1, 0.15) is 13.2 Å². The molecule has 0 aliphatic heterocycles. The van der Waals surface area contributed by atoms with E-state index in [0.717, 1.165) is 44.9 Å². The third-order valence-corrected chi connectivity index (χ3v) is 8.24. The first-order valence-electron chi connectivity index (χ1n) is 19.1. The molecule has 18 nitrogen and oxygen atoms in total. The number of unbranched alkanes of at least 4 members (excludes halogenated alkanes) is 7. The summed E-state index contributed by atoms with van der Waals surface area (Å²) in [7, 11) is 1.38. The first kappa shape index (κ1) is 49.2. The fraction of sp³-hybridized carbons (Fsp3) is 0.778. The molecule has 0 spiro atoms. The number of carbonyl (C=O) groups is 7. The van der Waals surface area contributed by atoms with Crippen LogP contribution in [0, 0.1) is 22.7 Å². The lowest BCUT2D eigenvalue weighted by Gasteiger charge is -2.27. The summed E-state index contributed by atoms with van der Waals surface area (Å²) in [4.78, 5) is 84.8. The van der Waals surface area contributed by atoms with Crippen LogP contribution in [0.4, 0.5) is 24.0 Å². The summed E-state index contributed by atoms with van der Waals surface area (Å²) in [6, 6.07) is -0.963. The number of rotatable bonds is 26. The van der Waals surface area contributed by atoms with Gasteiger partial charge < -0.3 is 41.4 Å². The number of nitrogens with one attached hydrogen (secondary N) is 8. The molecule has 0 rings (SSSR count). The van der Waals surface area contributed by atoms with E-state index in [1.54, 1.807) is 6.92 Å². The van der Waals surface area contributed by atoms with Gasteiger partial charge in [-0.3, -0.25) is 20.2 Å². The Kier molecular flexibility index (Phi) is 27.0. The zero-order valence-corrected chi connectivity index (χ0v) is 33.1. The molecule has 0 saturated carbocycles. The fourth-order valence-electron chi connectivity index (χ4n) is 5.12. The summed E-state index contributed by atoms with van der Waals surface area (Å²) in [6.07, 6.45) is 7.36. The number of urea groups is 3. The van der Waals surface area contributed by atoms with Crippen molar-refractivity contribution in [2.75, 3.05) is 39.9 Å². The zero-order chi connectivity index (χ0) is 40.8. The topological polar surface area (TPSA) is 258 Å². The first-order valence-corrected chi connectivity index (χ1v) is 19.1. The van der Waals surface area contributed by atoms with Crippen LogP contribution in [0.1, 0.15) is 118 Å². The van der Waals surface area contributed by atoms with Crippen molar-refractivity contribution in [3.8, 4) is 6.07 Å². The van der Waals surface area contributed by atoms with Gasteiger partial charge in [-0.25, -0.2) is 24.0 Å². The summed E-state index contributed by atoms with van der Waals surface area (Å²) in [5.74, 6) is -0.952. The molecule has 308 valence electrons. The van der Waals surface area contributed by atoms with Crippen LogP contribution in [-0.4, -0.2) is 94.1 Å². The highest BCUT2D eigenvalue weighted by molar-refractivity contribution is 6.01. The van der Waals surface area contributed by atoms with E-state index in [1.807, 2.05) is 31.4 Å². The Morgan fingerprint density at radius 2 is 1.22 bits per heavy atom. The minimum absolute atomic E-state index is 0.0352. The third kappa shape index (κ3) is 26.0. The van der Waals surface area contributed by atoms with Gasteiger partial charge in [0.15, 0.2) is 0 Å². The quantitative estimate of drug-likeness (QED) is 0.0586. The monoisotopic (exact) mass is 767 g/mol. The number of imide groups is 2. The van der Waals surface area contributed by atoms with E-state index in [-0.39, 0.29) is 50.3 Å². The predicted molar refractivity (Wildman–Crippen MR) is 202 cm³/mol. The highest BCUT2D eigenvalue weighted by Gasteiger charge is 2.32. The Balaban J connectivity index is 4.46. The molecule has 0 saturated heterocycles. The lowest BCUT2D eigenvalue weighted by atomic mass is 9.77. The average molecular weight is 768 g/mol. The van der Waals surface area contributed by atoms with Gasteiger partial charge in [0, 0.05) is 45.1 Å². The van der Waals surface area contributed by atoms with Crippen molar-refractivity contribution >= 4 is 42.1 Å². The fourth-order valence-corrected chi connectivity index (χ4v) is 5.12. The number of nitrogens with zero attached hydrogens (tertiary/aromatic N) is 1. The summed E-state index contributed by atoms with van der Waals surface area (Å²) >= 11 is 0. The van der Waals surface area contributed by atoms with E-state index in [0.29, 0.717) is 38.9 Å². The van der Waals surface area contributed by atoms with Crippen LogP contribution >= 0.6 is 0 Å². The van der Waals surface area contributed by atoms with Crippen molar-refractivity contribution in [2.24, 2.45) is 11.3 Å². The molecule has 0 aliphatic rings. The van der Waals surface area contributed by atoms with Gasteiger partial charge in [-0.05, 0) is 59.3 Å². The molecule has 0 aromatic rings. The second-order valence-electron chi connectivity index (χ2n) is 13.7. The Labute approximate surface area is 320 Å². The number of hydrogen-bond acceptors (Lipinski definition) is 10. The number of alkyl carbamates (subject to hydrolysis) is 2. The van der Waals surface area contributed by atoms with Gasteiger partial charge in [0.2, 0.25) is 11.8 Å². The van der Waals surface area contributed by atoms with E-state index in [4.69, 9.17) is 9.47 Å². The van der Waals surface area contributed by atoms with Crippen LogP contribution in [0.5, 0.6) is 0 Å². The molecular formula is C36H65N9O9. The van der Waals surface area contributed by atoms with Gasteiger partial charge >= 0.3 is 30.3 Å². The number of ether oxygens (including phenoxy) is 2. The Bertz CT molecular complexity index is 1210. The molecule has 0 aromatic carbocycles. The van der Waals surface area contributed by atoms with Crippen LogP contribution in [0.25, 0.3) is 0 Å². The van der Waals surface area contributed by atoms with Crippen LogP contribution in [-0.2, 0) is 19.1 Å². The minimum Gasteiger partial charge on any atom is -0.447 e. The SMILES string of the molecule is CCCCCCCNC(=O)NC(=O)NC(=O)NCCCCCCNC(=O)OCC(COC(=O)NC)NC(=O)CCC(C)(C#N)CC(CC)C(=O)NC(C)C. The molecule has 0 fully saturated rings. The second-order valence-corrected chi connectivity index (χ2v) is 13.7. The number of amides is 10. The Morgan fingerprint density at radius 1 is 0.704 bits per heavy atom. The number of carbonyl (C=O) groups excluding carboxylic acids is 7. The lowest BCUT2D eigenvalue weighted by Crippen LogP contribution is -2.49. The van der Waals surface area contributed by atoms with Crippen LogP contribution < -0.4 is 42.5 Å². The van der Waals surface area contributed by atoms with Gasteiger partial charge in [0.25, 0.3) is 0 Å². The molecule has 3 atom stereocenters. The van der Waals surface area contributed by atoms with Gasteiger partial charge in [-0.15, -0.1) is 0 Å². The second kappa shape index (κ2) is 29.6. The largest absolute Gasteiger partial charge is 0.447 e. The molecule has 3 unspecified atom stereocenters. The van der Waals surface area contributed by atoms with Gasteiger partial charge in [0.05, 0.1) is 17.5 Å². The lowest BCUT2D eigenvalue weighted by molar-refractivity contribution is -0.126. The van der Waals surface area contributed by atoms with E-state index in [1.165, 1.54) is 7.05 Å². The van der Waals surface area contributed by atoms with Crippen molar-refractivity contribution in [3.63, 3.8) is 0 Å². The summed E-state index contributed by atoms with van der Waals surface area (Å²) < 4.78 is 10.3. The van der Waals surface area contributed by atoms with E-state index in [2.05, 4.69) is 44.9 Å². The molecule has 0 radical (unpaired) electrons. The minimum atomic E-state index is -0.937. The molecular weight excluding hydrogens is 702 g/mol. The van der Waals surface area contributed by atoms with Crippen LogP contribution in [0.15, 0.2) is 0 Å². The highest BCUT2D eigenvalue weighted by atomic mass is 16.6. The standard InChI is InChI=1S/C36H65N9O9/c1-7-9-10-11-14-19-39-31(48)44-33(50)45-32(49)40-20-15-12-13-16-21-41-35(52)54-24-28(23-53-34(51)38-6)43-29(46)17-18-36(5,25-37)22-27(8-2)30(47)42-26(3)4/h26-28H,7-24H2,1-6H3,(H,38,51)(H,41,52)(H,42,47)(H,43,46)(H4,39,40,44,45,48,49,50). The maximum atomic E-state index is 12.8. The highest BCUT2D eigenvalue weighted by Crippen LogP contribution is 2.32. The molecule has 54 heavy (non-hydrogen) atoms. The number of hydrogen-bond donors (Lipinski definition) is 8. The molecule has 8 N–H and O–H groups in total. The van der Waals surface area contributed by atoms with Crippen molar-refractivity contribution < 1.29 is 43.0 Å². The normalized spacial score (nSPS) is 12.8. The van der Waals surface area contributed by atoms with Crippen molar-refractivity contribution in [1.82, 2.24) is 42.5 Å². The maximum Gasteiger partial charge on any atom is 0.407 e. The molecule has 0 bridgehead atoms. The van der Waals surface area contributed by atoms with Crippen LogP contribution in [0.3, 0.4) is 0 Å². The van der Waals surface area contributed by atoms with Crippen molar-refractivity contribution in [2.45, 2.75) is 130 Å². The van der Waals surface area contributed by atoms with Crippen molar-refractivity contribution in [3.05, 3.63) is 0 Å². The zero-order valence-electron chi connectivity index (χ0n) is 33.1. The smallest absolute Gasteiger partial charge is 0.407 e. The first-order chi connectivity index (χ1) is 25.7. The van der Waals surface area contributed by atoms with Gasteiger partial charge in [-0.2, -0.15) is 5.26 Å². The third-order valence-electron chi connectivity index (χ3n) is 8.24. The summed E-state index contributed by atoms with van der Waals surface area (Å²) in [5.41, 5.74) is -0.937. The van der Waals surface area contributed by atoms with E-state index < -0.39 is 47.6 Å². The Hall–Kier alpha value is -4.82. The summed E-state index contributed by atoms with van der Waals surface area (Å²) in [6.45, 7) is 9.92. The molecule has 0 aromatic heterocycles. The van der Waals surface area contributed by atoms with E-state index >= 15 is 0 Å². The Morgan fingerprint density at radius 3 is 1.70 bits per heavy atom. The van der Waals surface area contributed by atoms with E-state index in [9.17, 15) is 38.8 Å². The van der Waals surface area contributed by atoms with Crippen LogP contribution in [0.2, 0.25) is 0 Å².